The monoisotopic (exact) mass is 447 g/mol. The molecule has 0 heterocycles. The number of carbonyl (C=O) groups excluding carboxylic acids is 1. The molecular formula is C27H17N3O4. The van der Waals surface area contributed by atoms with E-state index in [9.17, 15) is 14.9 Å². The molecule has 0 bridgehead atoms. The number of esters is 1. The molecule has 0 fully saturated rings. The van der Waals surface area contributed by atoms with Crippen molar-refractivity contribution < 1.29 is 14.5 Å². The van der Waals surface area contributed by atoms with Crippen LogP contribution in [0, 0.1) is 10.1 Å². The summed E-state index contributed by atoms with van der Waals surface area (Å²) >= 11 is 0. The molecular weight excluding hydrogens is 430 g/mol. The highest BCUT2D eigenvalue weighted by atomic mass is 16.6. The second kappa shape index (κ2) is 8.91. The maximum Gasteiger partial charge on any atom is 0.344 e. The van der Waals surface area contributed by atoms with Gasteiger partial charge in [0.05, 0.1) is 21.9 Å². The van der Waals surface area contributed by atoms with E-state index in [-0.39, 0.29) is 5.69 Å². The van der Waals surface area contributed by atoms with Crippen molar-refractivity contribution >= 4 is 44.6 Å². The van der Waals surface area contributed by atoms with Crippen LogP contribution in [0.4, 0.5) is 17.1 Å². The molecule has 7 heteroatoms. The van der Waals surface area contributed by atoms with Gasteiger partial charge in [-0.3, -0.25) is 10.1 Å². The number of azo groups is 1. The van der Waals surface area contributed by atoms with E-state index >= 15 is 0 Å². The Morgan fingerprint density at radius 2 is 1.21 bits per heavy atom. The van der Waals surface area contributed by atoms with Crippen molar-refractivity contribution in [1.82, 2.24) is 0 Å². The maximum absolute atomic E-state index is 13.2. The third-order valence-electron chi connectivity index (χ3n) is 5.36. The Labute approximate surface area is 194 Å². The zero-order chi connectivity index (χ0) is 23.5. The van der Waals surface area contributed by atoms with Crippen LogP contribution in [0.5, 0.6) is 5.75 Å². The number of rotatable bonds is 5. The molecule has 0 unspecified atom stereocenters. The van der Waals surface area contributed by atoms with Gasteiger partial charge >= 0.3 is 5.97 Å². The summed E-state index contributed by atoms with van der Waals surface area (Å²) in [6, 6.07) is 30.0. The van der Waals surface area contributed by atoms with E-state index in [1.807, 2.05) is 48.5 Å². The van der Waals surface area contributed by atoms with Crippen molar-refractivity contribution in [1.29, 1.82) is 0 Å². The van der Waals surface area contributed by atoms with Crippen LogP contribution in [0.15, 0.2) is 113 Å². The molecule has 0 aliphatic rings. The summed E-state index contributed by atoms with van der Waals surface area (Å²) in [6.45, 7) is 0. The van der Waals surface area contributed by atoms with Gasteiger partial charge in [0, 0.05) is 12.1 Å². The molecule has 0 aliphatic heterocycles. The Morgan fingerprint density at radius 1 is 0.706 bits per heavy atom. The standard InChI is InChI=1S/C27H17N3O4/c31-27(26-24-7-3-1-5-18(24)17-19-6-2-4-8-25(19)26)34-23-15-11-21(12-16-23)29-28-20-9-13-22(14-10-20)30(32)33/h1-17H. The van der Waals surface area contributed by atoms with Gasteiger partial charge in [-0.15, -0.1) is 0 Å². The quantitative estimate of drug-likeness (QED) is 0.0694. The minimum Gasteiger partial charge on any atom is -0.423 e. The summed E-state index contributed by atoms with van der Waals surface area (Å²) < 4.78 is 5.69. The Bertz CT molecular complexity index is 1510. The van der Waals surface area contributed by atoms with E-state index in [0.717, 1.165) is 21.5 Å². The van der Waals surface area contributed by atoms with E-state index in [0.29, 0.717) is 22.7 Å². The number of nitro groups is 1. The Hall–Kier alpha value is -4.91. The fraction of sp³-hybridized carbons (Fsp3) is 0. The first-order chi connectivity index (χ1) is 16.6. The number of nitrogens with zero attached hydrogens (tertiary/aromatic N) is 3. The lowest BCUT2D eigenvalue weighted by atomic mass is 9.97. The van der Waals surface area contributed by atoms with Crippen LogP contribution in [-0.2, 0) is 0 Å². The molecule has 0 amide bonds. The van der Waals surface area contributed by atoms with Gasteiger partial charge in [0.2, 0.25) is 0 Å². The van der Waals surface area contributed by atoms with Crippen molar-refractivity contribution in [2.45, 2.75) is 0 Å². The van der Waals surface area contributed by atoms with Crippen LogP contribution >= 0.6 is 0 Å². The Balaban J connectivity index is 1.38. The SMILES string of the molecule is O=C(Oc1ccc(N=Nc2ccc([N+](=O)[O-])cc2)cc1)c1c2ccccc2cc2ccccc12. The van der Waals surface area contributed by atoms with Gasteiger partial charge < -0.3 is 4.74 Å². The van der Waals surface area contributed by atoms with Gasteiger partial charge in [-0.1, -0.05) is 48.5 Å². The molecule has 0 atom stereocenters. The van der Waals surface area contributed by atoms with Crippen LogP contribution < -0.4 is 4.74 Å². The second-order valence-corrected chi connectivity index (χ2v) is 7.55. The average Bonchev–Trinajstić information content (AvgIpc) is 2.87. The predicted molar refractivity (Wildman–Crippen MR) is 130 cm³/mol. The topological polar surface area (TPSA) is 94.2 Å². The van der Waals surface area contributed by atoms with Gasteiger partial charge in [0.1, 0.15) is 5.75 Å². The van der Waals surface area contributed by atoms with Gasteiger partial charge in [0.15, 0.2) is 0 Å². The third kappa shape index (κ3) is 4.22. The van der Waals surface area contributed by atoms with Crippen molar-refractivity contribution in [2.75, 3.05) is 0 Å². The fourth-order valence-electron chi connectivity index (χ4n) is 3.73. The summed E-state index contributed by atoms with van der Waals surface area (Å²) in [7, 11) is 0. The molecule has 0 saturated heterocycles. The molecule has 5 aromatic carbocycles. The lowest BCUT2D eigenvalue weighted by Crippen LogP contribution is -2.10. The largest absolute Gasteiger partial charge is 0.423 e. The van der Waals surface area contributed by atoms with Gasteiger partial charge in [-0.2, -0.15) is 10.2 Å². The number of fused-ring (bicyclic) bond motifs is 2. The highest BCUT2D eigenvalue weighted by molar-refractivity contribution is 6.17. The fourth-order valence-corrected chi connectivity index (χ4v) is 3.73. The van der Waals surface area contributed by atoms with E-state index in [1.165, 1.54) is 24.3 Å². The van der Waals surface area contributed by atoms with E-state index in [2.05, 4.69) is 16.3 Å². The Kier molecular flexibility index (Phi) is 5.50. The number of ether oxygens (including phenoxy) is 1. The zero-order valence-electron chi connectivity index (χ0n) is 17.8. The van der Waals surface area contributed by atoms with E-state index in [4.69, 9.17) is 4.74 Å². The summed E-state index contributed by atoms with van der Waals surface area (Å²) in [6.07, 6.45) is 0. The van der Waals surface area contributed by atoms with Gasteiger partial charge in [-0.05, 0) is 64.0 Å². The first-order valence-corrected chi connectivity index (χ1v) is 10.5. The minimum absolute atomic E-state index is 0.0101. The maximum atomic E-state index is 13.2. The normalized spacial score (nSPS) is 11.2. The second-order valence-electron chi connectivity index (χ2n) is 7.55. The predicted octanol–water partition coefficient (Wildman–Crippen LogP) is 7.54. The summed E-state index contributed by atoms with van der Waals surface area (Å²) in [4.78, 5) is 23.5. The Morgan fingerprint density at radius 3 is 1.74 bits per heavy atom. The summed E-state index contributed by atoms with van der Waals surface area (Å²) in [5, 5.41) is 22.5. The van der Waals surface area contributed by atoms with Crippen LogP contribution in [0.2, 0.25) is 0 Å². The molecule has 0 aromatic heterocycles. The van der Waals surface area contributed by atoms with Crippen molar-refractivity contribution in [3.8, 4) is 5.75 Å². The molecule has 0 aliphatic carbocycles. The number of nitro benzene ring substituents is 1. The zero-order valence-corrected chi connectivity index (χ0v) is 17.8. The minimum atomic E-state index is -0.470. The molecule has 0 radical (unpaired) electrons. The molecule has 0 saturated carbocycles. The number of benzene rings is 5. The molecule has 0 N–H and O–H groups in total. The molecule has 5 aromatic rings. The van der Waals surface area contributed by atoms with Crippen molar-refractivity contribution in [3.05, 3.63) is 119 Å². The van der Waals surface area contributed by atoms with Crippen LogP contribution in [0.25, 0.3) is 21.5 Å². The number of hydrogen-bond donors (Lipinski definition) is 0. The van der Waals surface area contributed by atoms with Crippen LogP contribution in [0.3, 0.4) is 0 Å². The van der Waals surface area contributed by atoms with Crippen LogP contribution in [0.1, 0.15) is 10.4 Å². The number of non-ortho nitro benzene ring substituents is 1. The summed E-state index contributed by atoms with van der Waals surface area (Å²) in [5.74, 6) is -0.0513. The van der Waals surface area contributed by atoms with Crippen molar-refractivity contribution in [2.24, 2.45) is 10.2 Å². The lowest BCUT2D eigenvalue weighted by molar-refractivity contribution is -0.384. The first-order valence-electron chi connectivity index (χ1n) is 10.5. The highest BCUT2D eigenvalue weighted by Gasteiger charge is 2.17. The highest BCUT2D eigenvalue weighted by Crippen LogP contribution is 2.30. The van der Waals surface area contributed by atoms with E-state index < -0.39 is 10.9 Å². The lowest BCUT2D eigenvalue weighted by Gasteiger charge is -2.11. The first kappa shape index (κ1) is 21.0. The molecule has 0 spiro atoms. The third-order valence-corrected chi connectivity index (χ3v) is 5.36. The molecule has 164 valence electrons. The van der Waals surface area contributed by atoms with Crippen LogP contribution in [-0.4, -0.2) is 10.9 Å². The van der Waals surface area contributed by atoms with Gasteiger partial charge in [0.25, 0.3) is 5.69 Å². The smallest absolute Gasteiger partial charge is 0.344 e. The molecule has 5 rings (SSSR count). The number of hydrogen-bond acceptors (Lipinski definition) is 6. The average molecular weight is 447 g/mol. The molecule has 34 heavy (non-hydrogen) atoms. The van der Waals surface area contributed by atoms with Gasteiger partial charge in [-0.25, -0.2) is 4.79 Å². The molecule has 7 nitrogen and oxygen atoms in total. The van der Waals surface area contributed by atoms with Crippen molar-refractivity contribution in [3.63, 3.8) is 0 Å². The number of carbonyl (C=O) groups is 1. The summed E-state index contributed by atoms with van der Waals surface area (Å²) in [5.41, 5.74) is 1.55. The van der Waals surface area contributed by atoms with E-state index in [1.54, 1.807) is 24.3 Å².